The Balaban J connectivity index is 1.29. The van der Waals surface area contributed by atoms with Crippen LogP contribution in [0.4, 0.5) is 23.2 Å². The number of ether oxygens (including phenoxy) is 2. The molecule has 0 aromatic heterocycles. The zero-order chi connectivity index (χ0) is 35.8. The van der Waals surface area contributed by atoms with Crippen molar-refractivity contribution in [1.29, 1.82) is 0 Å². The third-order valence-electron chi connectivity index (χ3n) is 11.6. The van der Waals surface area contributed by atoms with E-state index in [1.165, 1.54) is 6.07 Å². The number of halogens is 4. The molecule has 8 nitrogen and oxygen atoms in total. The van der Waals surface area contributed by atoms with E-state index in [4.69, 9.17) is 9.47 Å². The Hall–Kier alpha value is -3.38. The molecule has 50 heavy (non-hydrogen) atoms. The second-order valence-corrected chi connectivity index (χ2v) is 14.7. The Morgan fingerprint density at radius 3 is 2.26 bits per heavy atom. The van der Waals surface area contributed by atoms with Crippen molar-refractivity contribution in [2.45, 2.75) is 68.8 Å². The molecule has 0 aliphatic carbocycles. The summed E-state index contributed by atoms with van der Waals surface area (Å²) in [6, 6.07) is 11.3. The minimum absolute atomic E-state index is 0.0166. The van der Waals surface area contributed by atoms with Gasteiger partial charge in [-0.05, 0) is 67.0 Å². The third kappa shape index (κ3) is 7.20. The lowest BCUT2D eigenvalue weighted by Gasteiger charge is -2.36. The van der Waals surface area contributed by atoms with Crippen molar-refractivity contribution < 1.29 is 36.6 Å². The van der Waals surface area contributed by atoms with Crippen LogP contribution in [0.15, 0.2) is 42.5 Å². The number of alkyl halides is 4. The molecule has 0 spiro atoms. The number of hydrogen-bond acceptors (Lipinski definition) is 6. The number of carbonyl (C=O) groups is 2. The van der Waals surface area contributed by atoms with Gasteiger partial charge in [-0.1, -0.05) is 31.5 Å². The van der Waals surface area contributed by atoms with Crippen molar-refractivity contribution in [3.63, 3.8) is 0 Å². The largest absolute Gasteiger partial charge is 0.497 e. The first-order valence-electron chi connectivity index (χ1n) is 17.9. The minimum Gasteiger partial charge on any atom is -0.497 e. The van der Waals surface area contributed by atoms with Crippen LogP contribution in [0.2, 0.25) is 0 Å². The maximum atomic E-state index is 17.7. The van der Waals surface area contributed by atoms with Crippen LogP contribution in [0, 0.1) is 11.8 Å². The van der Waals surface area contributed by atoms with Gasteiger partial charge in [0.25, 0.3) is 5.91 Å². The molecule has 2 aromatic rings. The first-order chi connectivity index (χ1) is 23.8. The monoisotopic (exact) mass is 702 g/mol. The van der Waals surface area contributed by atoms with Gasteiger partial charge in [0, 0.05) is 96.1 Å². The van der Waals surface area contributed by atoms with Crippen molar-refractivity contribution in [1.82, 2.24) is 14.7 Å². The highest BCUT2D eigenvalue weighted by atomic mass is 19.4. The van der Waals surface area contributed by atoms with Crippen LogP contribution in [0.1, 0.15) is 67.6 Å². The molecule has 6 rings (SSSR count). The van der Waals surface area contributed by atoms with E-state index in [1.54, 1.807) is 49.2 Å². The van der Waals surface area contributed by atoms with E-state index in [-0.39, 0.29) is 42.8 Å². The Bertz CT molecular complexity index is 1510. The summed E-state index contributed by atoms with van der Waals surface area (Å²) < 4.78 is 70.7. The second kappa shape index (κ2) is 14.7. The quantitative estimate of drug-likeness (QED) is 0.317. The van der Waals surface area contributed by atoms with Crippen LogP contribution in [0.5, 0.6) is 5.75 Å². The number of carbonyl (C=O) groups excluding carboxylic acids is 2. The predicted octanol–water partition coefficient (Wildman–Crippen LogP) is 5.96. The summed E-state index contributed by atoms with van der Waals surface area (Å²) in [7, 11) is 5.00. The molecule has 4 aliphatic heterocycles. The van der Waals surface area contributed by atoms with Crippen molar-refractivity contribution in [2.75, 3.05) is 78.6 Å². The number of hydrogen-bond donors (Lipinski definition) is 0. The number of anilines is 1. The molecule has 4 saturated heterocycles. The van der Waals surface area contributed by atoms with E-state index >= 15 is 4.39 Å². The topological polar surface area (TPSA) is 65.6 Å². The molecule has 0 bridgehead atoms. The van der Waals surface area contributed by atoms with Gasteiger partial charge in [-0.2, -0.15) is 13.2 Å². The van der Waals surface area contributed by atoms with Gasteiger partial charge >= 0.3 is 6.18 Å². The lowest BCUT2D eigenvalue weighted by Crippen LogP contribution is -2.50. The fraction of sp³-hybridized carbons (Fsp3) is 0.632. The smallest absolute Gasteiger partial charge is 0.416 e. The van der Waals surface area contributed by atoms with Crippen LogP contribution in [0.3, 0.4) is 0 Å². The third-order valence-corrected chi connectivity index (χ3v) is 11.6. The summed E-state index contributed by atoms with van der Waals surface area (Å²) in [5, 5.41) is 0. The molecule has 2 aromatic carbocycles. The summed E-state index contributed by atoms with van der Waals surface area (Å²) in [6.07, 6.45) is -1.20. The zero-order valence-electron chi connectivity index (χ0n) is 29.6. The number of benzene rings is 2. The number of methoxy groups -OCH3 is 1. The summed E-state index contributed by atoms with van der Waals surface area (Å²) >= 11 is 0. The molecule has 2 amide bonds. The lowest BCUT2D eigenvalue weighted by atomic mass is 9.84. The Kier molecular flexibility index (Phi) is 10.7. The van der Waals surface area contributed by atoms with E-state index in [9.17, 15) is 22.8 Å². The maximum absolute atomic E-state index is 17.7. The van der Waals surface area contributed by atoms with Crippen LogP contribution in [-0.4, -0.2) is 112 Å². The van der Waals surface area contributed by atoms with Gasteiger partial charge < -0.3 is 24.2 Å². The van der Waals surface area contributed by atoms with Gasteiger partial charge in [-0.25, -0.2) is 4.39 Å². The number of rotatable bonds is 8. The van der Waals surface area contributed by atoms with Gasteiger partial charge in [0.15, 0.2) is 0 Å². The van der Waals surface area contributed by atoms with E-state index in [1.807, 2.05) is 24.0 Å². The molecule has 4 fully saturated rings. The van der Waals surface area contributed by atoms with E-state index in [0.717, 1.165) is 30.0 Å². The number of piperidine rings is 1. The molecule has 4 atom stereocenters. The average Bonchev–Trinajstić information content (AvgIpc) is 3.73. The van der Waals surface area contributed by atoms with E-state index in [0.29, 0.717) is 70.1 Å². The SMILES string of the molecule is CC[C@H]1CN(C(=O)[C@]2(F)CN(C3CCOCC3)C[C@H]2c2ccc(OC)cc2)C[C@@H]1c1ccc(C(F)(F)F)cc1N1CCC(C(=O)N(C)C)CC1. The Labute approximate surface area is 292 Å². The van der Waals surface area contributed by atoms with Gasteiger partial charge in [0.05, 0.1) is 12.7 Å². The van der Waals surface area contributed by atoms with Crippen molar-refractivity contribution >= 4 is 17.5 Å². The van der Waals surface area contributed by atoms with Crippen LogP contribution in [0.25, 0.3) is 0 Å². The molecule has 0 unspecified atom stereocenters. The molecule has 4 heterocycles. The molecular formula is C38H50F4N4O4. The average molecular weight is 703 g/mol. The lowest BCUT2D eigenvalue weighted by molar-refractivity contribution is -0.143. The fourth-order valence-electron chi connectivity index (χ4n) is 8.71. The van der Waals surface area contributed by atoms with Crippen molar-refractivity contribution in [3.8, 4) is 5.75 Å². The van der Waals surface area contributed by atoms with E-state index < -0.39 is 29.2 Å². The normalized spacial score (nSPS) is 27.2. The molecule has 0 saturated carbocycles. The highest BCUT2D eigenvalue weighted by Crippen LogP contribution is 2.47. The second-order valence-electron chi connectivity index (χ2n) is 14.7. The fourth-order valence-corrected chi connectivity index (χ4v) is 8.71. The predicted molar refractivity (Wildman–Crippen MR) is 183 cm³/mol. The number of amides is 2. The minimum atomic E-state index is -4.52. The summed E-state index contributed by atoms with van der Waals surface area (Å²) in [4.78, 5) is 34.5. The number of likely N-dealkylation sites (tertiary alicyclic amines) is 2. The first kappa shape index (κ1) is 36.4. The summed E-state index contributed by atoms with van der Waals surface area (Å²) in [5.74, 6) is -1.05. The molecule has 12 heteroatoms. The van der Waals surface area contributed by atoms with Gasteiger partial charge in [0.1, 0.15) is 5.75 Å². The summed E-state index contributed by atoms with van der Waals surface area (Å²) in [5.41, 5.74) is -0.936. The Morgan fingerprint density at radius 1 is 0.980 bits per heavy atom. The van der Waals surface area contributed by atoms with Crippen LogP contribution in [-0.2, 0) is 20.5 Å². The van der Waals surface area contributed by atoms with Gasteiger partial charge in [-0.15, -0.1) is 0 Å². The number of nitrogens with zero attached hydrogens (tertiary/aromatic N) is 4. The maximum Gasteiger partial charge on any atom is 0.416 e. The van der Waals surface area contributed by atoms with Crippen molar-refractivity contribution in [2.24, 2.45) is 11.8 Å². The van der Waals surface area contributed by atoms with Crippen LogP contribution < -0.4 is 9.64 Å². The zero-order valence-corrected chi connectivity index (χ0v) is 29.6. The van der Waals surface area contributed by atoms with Crippen LogP contribution >= 0.6 is 0 Å². The summed E-state index contributed by atoms with van der Waals surface area (Å²) in [6.45, 7) is 5.07. The van der Waals surface area contributed by atoms with Gasteiger partial charge in [-0.3, -0.25) is 14.5 Å². The molecule has 0 N–H and O–H groups in total. The molecule has 4 aliphatic rings. The molecular weight excluding hydrogens is 652 g/mol. The molecule has 274 valence electrons. The van der Waals surface area contributed by atoms with Crippen molar-refractivity contribution in [3.05, 3.63) is 59.2 Å². The van der Waals surface area contributed by atoms with E-state index in [2.05, 4.69) is 4.90 Å². The molecule has 0 radical (unpaired) electrons. The Morgan fingerprint density at radius 2 is 1.66 bits per heavy atom. The highest BCUT2D eigenvalue weighted by Gasteiger charge is 2.57. The standard InChI is InChI=1S/C38H50F4N4O4/c1-5-25-21-45(36(48)37(39)24-46(29-14-18-50-19-15-29)23-33(37)26-6-9-30(49-4)10-7-26)22-32(25)31-11-8-28(38(40,41)42)20-34(31)44-16-12-27(13-17-44)35(47)43(2)3/h6-11,20,25,27,29,32-33H,5,12-19,21-24H2,1-4H3/t25-,32-,33-,37-/m0/s1. The first-order valence-corrected chi connectivity index (χ1v) is 17.9. The highest BCUT2D eigenvalue weighted by molar-refractivity contribution is 5.88. The van der Waals surface area contributed by atoms with Gasteiger partial charge in [0.2, 0.25) is 11.6 Å².